The van der Waals surface area contributed by atoms with Gasteiger partial charge in [0.1, 0.15) is 5.75 Å². The van der Waals surface area contributed by atoms with Gasteiger partial charge < -0.3 is 10.1 Å². The fourth-order valence-corrected chi connectivity index (χ4v) is 4.09. The first kappa shape index (κ1) is 18.9. The summed E-state index contributed by atoms with van der Waals surface area (Å²) >= 11 is 0. The number of fused-ring (bicyclic) bond motifs is 2. The number of amides is 2. The highest BCUT2D eigenvalue weighted by atomic mass is 32.2. The number of aromatic nitrogens is 1. The molecule has 0 saturated carbocycles. The lowest BCUT2D eigenvalue weighted by Gasteiger charge is -2.25. The number of ether oxygens (including phenoxy) is 1. The summed E-state index contributed by atoms with van der Waals surface area (Å²) in [6.45, 7) is 1.81. The van der Waals surface area contributed by atoms with Crippen LogP contribution >= 0.6 is 0 Å². The van der Waals surface area contributed by atoms with Crippen molar-refractivity contribution in [1.82, 2.24) is 9.71 Å². The smallest absolute Gasteiger partial charge is 0.265 e. The maximum atomic E-state index is 12.7. The molecular formula is C20H17N3O5S. The molecule has 1 atom stereocenters. The Balaban J connectivity index is 1.63. The minimum absolute atomic E-state index is 0.165. The summed E-state index contributed by atoms with van der Waals surface area (Å²) < 4.78 is 33.1. The first-order valence-electron chi connectivity index (χ1n) is 8.91. The van der Waals surface area contributed by atoms with Crippen LogP contribution in [0.4, 0.5) is 5.69 Å². The van der Waals surface area contributed by atoms with Gasteiger partial charge in [0.25, 0.3) is 21.8 Å². The van der Waals surface area contributed by atoms with Gasteiger partial charge in [-0.3, -0.25) is 14.6 Å². The van der Waals surface area contributed by atoms with Gasteiger partial charge in [-0.05, 0) is 42.8 Å². The molecule has 0 spiro atoms. The van der Waals surface area contributed by atoms with Crippen LogP contribution in [-0.2, 0) is 14.8 Å². The number of rotatable bonds is 4. The Hall–Kier alpha value is -3.46. The molecule has 1 aliphatic rings. The number of hydrogen-bond donors (Lipinski definition) is 2. The van der Waals surface area contributed by atoms with Crippen LogP contribution in [0.5, 0.6) is 5.75 Å². The van der Waals surface area contributed by atoms with E-state index in [1.807, 2.05) is 6.92 Å². The van der Waals surface area contributed by atoms with E-state index in [2.05, 4.69) is 15.0 Å². The van der Waals surface area contributed by atoms with E-state index in [0.29, 0.717) is 23.1 Å². The van der Waals surface area contributed by atoms with Crippen LogP contribution in [0.3, 0.4) is 0 Å². The predicted octanol–water partition coefficient (Wildman–Crippen LogP) is 2.46. The minimum Gasteiger partial charge on any atom is -0.478 e. The number of sulfonamides is 1. The summed E-state index contributed by atoms with van der Waals surface area (Å²) in [4.78, 5) is 28.6. The molecule has 148 valence electrons. The zero-order valence-corrected chi connectivity index (χ0v) is 16.2. The van der Waals surface area contributed by atoms with Crippen molar-refractivity contribution >= 4 is 38.4 Å². The van der Waals surface area contributed by atoms with Crippen LogP contribution in [0.2, 0.25) is 0 Å². The van der Waals surface area contributed by atoms with Gasteiger partial charge in [-0.2, -0.15) is 0 Å². The van der Waals surface area contributed by atoms with Crippen molar-refractivity contribution in [3.63, 3.8) is 0 Å². The Morgan fingerprint density at radius 3 is 2.83 bits per heavy atom. The third-order valence-electron chi connectivity index (χ3n) is 4.57. The molecule has 2 amide bonds. The fraction of sp³-hybridized carbons (Fsp3) is 0.150. The van der Waals surface area contributed by atoms with E-state index in [-0.39, 0.29) is 22.1 Å². The van der Waals surface area contributed by atoms with E-state index in [0.717, 1.165) is 0 Å². The van der Waals surface area contributed by atoms with E-state index < -0.39 is 22.0 Å². The molecule has 0 bridgehead atoms. The maximum Gasteiger partial charge on any atom is 0.265 e. The lowest BCUT2D eigenvalue weighted by molar-refractivity contribution is -0.123. The summed E-state index contributed by atoms with van der Waals surface area (Å²) in [5, 5.41) is 3.17. The average molecular weight is 411 g/mol. The molecule has 2 N–H and O–H groups in total. The molecule has 2 heterocycles. The van der Waals surface area contributed by atoms with E-state index in [1.54, 1.807) is 30.5 Å². The fourth-order valence-electron chi connectivity index (χ4n) is 3.10. The number of nitrogens with zero attached hydrogens (tertiary/aromatic N) is 1. The molecule has 3 aromatic rings. The molecule has 0 radical (unpaired) electrons. The molecule has 0 unspecified atom stereocenters. The second kappa shape index (κ2) is 7.17. The van der Waals surface area contributed by atoms with E-state index in [9.17, 15) is 18.0 Å². The van der Waals surface area contributed by atoms with Crippen LogP contribution < -0.4 is 14.8 Å². The summed E-state index contributed by atoms with van der Waals surface area (Å²) in [5.41, 5.74) is 1.01. The molecule has 1 aliphatic heterocycles. The van der Waals surface area contributed by atoms with Gasteiger partial charge in [0.2, 0.25) is 0 Å². The van der Waals surface area contributed by atoms with Crippen LogP contribution in [0.25, 0.3) is 10.9 Å². The van der Waals surface area contributed by atoms with E-state index >= 15 is 0 Å². The number of hydrogen-bond acceptors (Lipinski definition) is 6. The van der Waals surface area contributed by atoms with Crippen molar-refractivity contribution in [2.24, 2.45) is 0 Å². The highest BCUT2D eigenvalue weighted by Gasteiger charge is 2.28. The summed E-state index contributed by atoms with van der Waals surface area (Å²) in [6, 6.07) is 12.3. The molecule has 8 nitrogen and oxygen atoms in total. The molecule has 29 heavy (non-hydrogen) atoms. The van der Waals surface area contributed by atoms with E-state index in [4.69, 9.17) is 4.74 Å². The monoisotopic (exact) mass is 411 g/mol. The number of carbonyl (C=O) groups excluding carboxylic acids is 2. The normalized spacial score (nSPS) is 15.9. The van der Waals surface area contributed by atoms with Gasteiger partial charge in [-0.15, -0.1) is 0 Å². The molecule has 0 fully saturated rings. The Morgan fingerprint density at radius 1 is 1.21 bits per heavy atom. The van der Waals surface area contributed by atoms with Crippen LogP contribution in [-0.4, -0.2) is 31.3 Å². The third kappa shape index (κ3) is 3.52. The Bertz CT molecular complexity index is 1230. The predicted molar refractivity (Wildman–Crippen MR) is 106 cm³/mol. The lowest BCUT2D eigenvalue weighted by atomic mass is 10.1. The van der Waals surface area contributed by atoms with Crippen LogP contribution in [0.1, 0.15) is 23.7 Å². The van der Waals surface area contributed by atoms with Gasteiger partial charge in [0.05, 0.1) is 16.1 Å². The Kier molecular flexibility index (Phi) is 4.67. The second-order valence-corrected chi connectivity index (χ2v) is 8.15. The standard InChI is InChI=1S/C20H17N3O5S/c1-2-17-20(25)22-16-11-12(8-9-18(16)28-17)29(26,27)23-19(24)14-5-3-7-15-13(14)6-4-10-21-15/h3-11,17H,2H2,1H3,(H,22,25)(H,23,24)/t17-/m1/s1. The van der Waals surface area contributed by atoms with Crippen LogP contribution in [0, 0.1) is 0 Å². The first-order chi connectivity index (χ1) is 13.9. The highest BCUT2D eigenvalue weighted by molar-refractivity contribution is 7.90. The van der Waals surface area contributed by atoms with Crippen molar-refractivity contribution in [3.8, 4) is 5.75 Å². The topological polar surface area (TPSA) is 114 Å². The number of pyridine rings is 1. The quantitative estimate of drug-likeness (QED) is 0.682. The molecule has 1 aromatic heterocycles. The molecular weight excluding hydrogens is 394 g/mol. The second-order valence-electron chi connectivity index (χ2n) is 6.47. The SMILES string of the molecule is CC[C@H]1Oc2ccc(S(=O)(=O)NC(=O)c3cccc4ncccc34)cc2NC1=O. The van der Waals surface area contributed by atoms with E-state index in [1.165, 1.54) is 24.3 Å². The number of nitrogens with one attached hydrogen (secondary N) is 2. The zero-order valence-electron chi connectivity index (χ0n) is 15.4. The third-order valence-corrected chi connectivity index (χ3v) is 5.90. The van der Waals surface area contributed by atoms with Gasteiger partial charge >= 0.3 is 0 Å². The highest BCUT2D eigenvalue weighted by Crippen LogP contribution is 2.32. The summed E-state index contributed by atoms with van der Waals surface area (Å²) in [6.07, 6.45) is 1.46. The average Bonchev–Trinajstić information content (AvgIpc) is 2.72. The molecule has 9 heteroatoms. The van der Waals surface area contributed by atoms with Crippen molar-refractivity contribution < 1.29 is 22.7 Å². The van der Waals surface area contributed by atoms with Crippen molar-refractivity contribution in [2.75, 3.05) is 5.32 Å². The van der Waals surface area contributed by atoms with Crippen molar-refractivity contribution in [2.45, 2.75) is 24.3 Å². The van der Waals surface area contributed by atoms with Gasteiger partial charge in [-0.1, -0.05) is 19.1 Å². The van der Waals surface area contributed by atoms with Gasteiger partial charge in [0, 0.05) is 17.1 Å². The number of anilines is 1. The minimum atomic E-state index is -4.17. The Morgan fingerprint density at radius 2 is 2.03 bits per heavy atom. The largest absolute Gasteiger partial charge is 0.478 e. The van der Waals surface area contributed by atoms with Crippen LogP contribution in [0.15, 0.2) is 59.6 Å². The maximum absolute atomic E-state index is 12.7. The van der Waals surface area contributed by atoms with Crippen molar-refractivity contribution in [1.29, 1.82) is 0 Å². The van der Waals surface area contributed by atoms with Crippen molar-refractivity contribution in [3.05, 3.63) is 60.3 Å². The molecule has 0 aliphatic carbocycles. The lowest BCUT2D eigenvalue weighted by Crippen LogP contribution is -2.36. The summed E-state index contributed by atoms with van der Waals surface area (Å²) in [5.74, 6) is -0.739. The zero-order chi connectivity index (χ0) is 20.6. The molecule has 2 aromatic carbocycles. The molecule has 4 rings (SSSR count). The first-order valence-corrected chi connectivity index (χ1v) is 10.4. The number of carbonyl (C=O) groups is 2. The van der Waals surface area contributed by atoms with Gasteiger partial charge in [-0.25, -0.2) is 13.1 Å². The molecule has 0 saturated heterocycles. The van der Waals surface area contributed by atoms with Gasteiger partial charge in [0.15, 0.2) is 6.10 Å². The summed E-state index contributed by atoms with van der Waals surface area (Å²) in [7, 11) is -4.17. The Labute approximate surface area is 167 Å². The number of benzene rings is 2.